The second-order valence-electron chi connectivity index (χ2n) is 7.19. The molecule has 0 saturated carbocycles. The minimum Gasteiger partial charge on any atom is -0.349 e. The fourth-order valence-corrected chi connectivity index (χ4v) is 4.11. The van der Waals surface area contributed by atoms with Crippen LogP contribution in [0.25, 0.3) is 0 Å². The van der Waals surface area contributed by atoms with Crippen LogP contribution in [0.2, 0.25) is 0 Å². The van der Waals surface area contributed by atoms with Crippen LogP contribution in [0.1, 0.15) is 52.5 Å². The number of aromatic amines is 1. The van der Waals surface area contributed by atoms with Crippen molar-refractivity contribution in [2.75, 3.05) is 26.2 Å². The van der Waals surface area contributed by atoms with E-state index in [4.69, 9.17) is 0 Å². The lowest BCUT2D eigenvalue weighted by Gasteiger charge is -2.16. The predicted octanol–water partition coefficient (Wildman–Crippen LogP) is 2.51. The summed E-state index contributed by atoms with van der Waals surface area (Å²) in [5.74, 6) is 0.591. The van der Waals surface area contributed by atoms with Crippen LogP contribution in [-0.4, -0.2) is 47.2 Å². The van der Waals surface area contributed by atoms with Crippen molar-refractivity contribution < 1.29 is 4.79 Å². The zero-order valence-corrected chi connectivity index (χ0v) is 14.6. The molecule has 25 heavy (non-hydrogen) atoms. The first-order valence-electron chi connectivity index (χ1n) is 9.43. The second kappa shape index (κ2) is 7.40. The van der Waals surface area contributed by atoms with E-state index >= 15 is 0 Å². The Labute approximate surface area is 148 Å². The molecule has 0 radical (unpaired) electrons. The third-order valence-corrected chi connectivity index (χ3v) is 5.53. The molecule has 1 aliphatic carbocycles. The minimum atomic E-state index is -0.0294. The highest BCUT2D eigenvalue weighted by molar-refractivity contribution is 5.94. The highest BCUT2D eigenvalue weighted by atomic mass is 16.1. The molecule has 1 aromatic heterocycles. The Morgan fingerprint density at radius 1 is 1.24 bits per heavy atom. The zero-order valence-electron chi connectivity index (χ0n) is 14.6. The molecule has 1 aromatic carbocycles. The molecule has 1 amide bonds. The van der Waals surface area contributed by atoms with Crippen molar-refractivity contribution in [3.63, 3.8) is 0 Å². The number of benzene rings is 1. The molecule has 4 rings (SSSR count). The lowest BCUT2D eigenvalue weighted by molar-refractivity contribution is 0.0943. The van der Waals surface area contributed by atoms with E-state index in [9.17, 15) is 4.79 Å². The molecule has 0 unspecified atom stereocenters. The van der Waals surface area contributed by atoms with Gasteiger partial charge in [0.1, 0.15) is 0 Å². The van der Waals surface area contributed by atoms with E-state index in [1.54, 1.807) is 0 Å². The Bertz CT molecular complexity index is 725. The molecule has 1 aliphatic heterocycles. The van der Waals surface area contributed by atoms with Gasteiger partial charge in [0, 0.05) is 30.9 Å². The van der Waals surface area contributed by atoms with Gasteiger partial charge >= 0.3 is 0 Å². The average Bonchev–Trinajstić information content (AvgIpc) is 3.29. The largest absolute Gasteiger partial charge is 0.349 e. The van der Waals surface area contributed by atoms with Gasteiger partial charge in [0.2, 0.25) is 0 Å². The fraction of sp³-hybridized carbons (Fsp3) is 0.500. The molecule has 2 heterocycles. The summed E-state index contributed by atoms with van der Waals surface area (Å²) < 4.78 is 0. The minimum absolute atomic E-state index is 0.0294. The quantitative estimate of drug-likeness (QED) is 0.881. The number of nitrogens with one attached hydrogen (secondary N) is 2. The summed E-state index contributed by atoms with van der Waals surface area (Å²) in [6, 6.07) is 10.7. The lowest BCUT2D eigenvalue weighted by atomic mass is 9.96. The monoisotopic (exact) mass is 338 g/mol. The molecular formula is C20H26N4O. The molecule has 5 heteroatoms. The van der Waals surface area contributed by atoms with Crippen LogP contribution in [-0.2, 0) is 12.8 Å². The van der Waals surface area contributed by atoms with Crippen LogP contribution in [0.15, 0.2) is 30.3 Å². The van der Waals surface area contributed by atoms with E-state index in [2.05, 4.69) is 50.7 Å². The number of hydrogen-bond acceptors (Lipinski definition) is 3. The number of likely N-dealkylation sites (tertiary alicyclic amines) is 1. The Morgan fingerprint density at radius 3 is 2.96 bits per heavy atom. The molecule has 132 valence electrons. The number of aromatic nitrogens is 2. The Hall–Kier alpha value is -2.14. The molecule has 1 fully saturated rings. The molecule has 0 spiro atoms. The van der Waals surface area contributed by atoms with Gasteiger partial charge in [-0.15, -0.1) is 0 Å². The molecule has 2 N–H and O–H groups in total. The van der Waals surface area contributed by atoms with Crippen LogP contribution in [0, 0.1) is 0 Å². The van der Waals surface area contributed by atoms with E-state index in [0.717, 1.165) is 50.2 Å². The van der Waals surface area contributed by atoms with E-state index < -0.39 is 0 Å². The number of hydrogen-bond donors (Lipinski definition) is 2. The van der Waals surface area contributed by atoms with Gasteiger partial charge in [0.25, 0.3) is 5.91 Å². The normalized spacial score (nSPS) is 20.4. The number of fused-ring (bicyclic) bond motifs is 1. The highest BCUT2D eigenvalue weighted by Crippen LogP contribution is 2.26. The van der Waals surface area contributed by atoms with Gasteiger partial charge in [-0.3, -0.25) is 9.89 Å². The summed E-state index contributed by atoms with van der Waals surface area (Å²) in [4.78, 5) is 14.9. The summed E-state index contributed by atoms with van der Waals surface area (Å²) >= 11 is 0. The number of rotatable bonds is 5. The third kappa shape index (κ3) is 3.61. The van der Waals surface area contributed by atoms with Crippen molar-refractivity contribution in [1.29, 1.82) is 0 Å². The predicted molar refractivity (Wildman–Crippen MR) is 97.8 cm³/mol. The van der Waals surface area contributed by atoms with Gasteiger partial charge in [-0.1, -0.05) is 30.3 Å². The maximum absolute atomic E-state index is 12.4. The first-order chi connectivity index (χ1) is 12.3. The van der Waals surface area contributed by atoms with Gasteiger partial charge in [0.05, 0.1) is 0 Å². The van der Waals surface area contributed by atoms with Crippen LogP contribution in [0.5, 0.6) is 0 Å². The SMILES string of the molecule is O=C(NCCN1CC[C@H](c2ccccc2)C1)c1n[nH]c2c1CCCC2. The van der Waals surface area contributed by atoms with Gasteiger partial charge in [-0.25, -0.2) is 0 Å². The number of carbonyl (C=O) groups excluding carboxylic acids is 1. The first-order valence-corrected chi connectivity index (χ1v) is 9.43. The highest BCUT2D eigenvalue weighted by Gasteiger charge is 2.24. The van der Waals surface area contributed by atoms with Crippen LogP contribution >= 0.6 is 0 Å². The van der Waals surface area contributed by atoms with E-state index in [1.807, 2.05) is 0 Å². The summed E-state index contributed by atoms with van der Waals surface area (Å²) in [5, 5.41) is 10.3. The average molecular weight is 338 g/mol. The topological polar surface area (TPSA) is 61.0 Å². The van der Waals surface area contributed by atoms with Gasteiger partial charge < -0.3 is 10.2 Å². The Balaban J connectivity index is 1.26. The number of nitrogens with zero attached hydrogens (tertiary/aromatic N) is 2. The Kier molecular flexibility index (Phi) is 4.83. The van der Waals surface area contributed by atoms with Crippen molar-refractivity contribution in [2.24, 2.45) is 0 Å². The smallest absolute Gasteiger partial charge is 0.272 e. The molecule has 2 aliphatic rings. The summed E-state index contributed by atoms with van der Waals surface area (Å²) in [5.41, 5.74) is 4.33. The molecule has 0 bridgehead atoms. The van der Waals surface area contributed by atoms with Crippen molar-refractivity contribution in [3.05, 3.63) is 52.8 Å². The van der Waals surface area contributed by atoms with Crippen molar-refractivity contribution in [3.8, 4) is 0 Å². The number of amides is 1. The van der Waals surface area contributed by atoms with Crippen molar-refractivity contribution >= 4 is 5.91 Å². The van der Waals surface area contributed by atoms with Crippen molar-refractivity contribution in [1.82, 2.24) is 20.4 Å². The number of H-pyrrole nitrogens is 1. The van der Waals surface area contributed by atoms with Gasteiger partial charge in [0.15, 0.2) is 5.69 Å². The second-order valence-corrected chi connectivity index (χ2v) is 7.19. The van der Waals surface area contributed by atoms with Crippen LogP contribution < -0.4 is 5.32 Å². The molecule has 1 saturated heterocycles. The fourth-order valence-electron chi connectivity index (χ4n) is 4.11. The van der Waals surface area contributed by atoms with Gasteiger partial charge in [-0.05, 0) is 50.1 Å². The first kappa shape index (κ1) is 16.3. The zero-order chi connectivity index (χ0) is 17.1. The number of carbonyl (C=O) groups is 1. The summed E-state index contributed by atoms with van der Waals surface area (Å²) in [6.07, 6.45) is 5.53. The standard InChI is InChI=1S/C20H26N4O/c25-20(19-17-8-4-5-9-18(17)22-23-19)21-11-13-24-12-10-16(14-24)15-6-2-1-3-7-15/h1-3,6-7,16H,4-5,8-14H2,(H,21,25)(H,22,23)/t16-/m0/s1. The summed E-state index contributed by atoms with van der Waals surface area (Å²) in [7, 11) is 0. The van der Waals surface area contributed by atoms with Gasteiger partial charge in [-0.2, -0.15) is 5.10 Å². The maximum Gasteiger partial charge on any atom is 0.272 e. The van der Waals surface area contributed by atoms with E-state index in [1.165, 1.54) is 18.4 Å². The van der Waals surface area contributed by atoms with E-state index in [-0.39, 0.29) is 5.91 Å². The molecular weight excluding hydrogens is 312 g/mol. The number of aryl methyl sites for hydroxylation is 1. The molecule has 2 aromatic rings. The summed E-state index contributed by atoms with van der Waals surface area (Å²) in [6.45, 7) is 3.77. The Morgan fingerprint density at radius 2 is 2.08 bits per heavy atom. The third-order valence-electron chi connectivity index (χ3n) is 5.53. The van der Waals surface area contributed by atoms with Crippen LogP contribution in [0.3, 0.4) is 0 Å². The lowest BCUT2D eigenvalue weighted by Crippen LogP contribution is -2.34. The maximum atomic E-state index is 12.4. The van der Waals surface area contributed by atoms with Crippen molar-refractivity contribution in [2.45, 2.75) is 38.0 Å². The molecule has 5 nitrogen and oxygen atoms in total. The van der Waals surface area contributed by atoms with E-state index in [0.29, 0.717) is 18.2 Å². The van der Waals surface area contributed by atoms with Crippen LogP contribution in [0.4, 0.5) is 0 Å². The molecule has 1 atom stereocenters.